The van der Waals surface area contributed by atoms with Crippen molar-refractivity contribution in [3.63, 3.8) is 0 Å². The van der Waals surface area contributed by atoms with Crippen molar-refractivity contribution in [3.05, 3.63) is 23.9 Å². The number of aromatic nitrogens is 1. The molecule has 5 nitrogen and oxygen atoms in total. The van der Waals surface area contributed by atoms with Crippen LogP contribution in [-0.4, -0.2) is 42.4 Å². The van der Waals surface area contributed by atoms with Gasteiger partial charge in [0.15, 0.2) is 0 Å². The number of hydrogen-bond donors (Lipinski definition) is 1. The van der Waals surface area contributed by atoms with Gasteiger partial charge < -0.3 is 14.7 Å². The number of anilines is 1. The van der Waals surface area contributed by atoms with Crippen LogP contribution in [0.2, 0.25) is 0 Å². The Labute approximate surface area is 100 Å². The number of esters is 1. The first kappa shape index (κ1) is 11.9. The summed E-state index contributed by atoms with van der Waals surface area (Å²) in [4.78, 5) is 17.9. The Morgan fingerprint density at radius 2 is 2.41 bits per heavy atom. The Balaban J connectivity index is 2.31. The topological polar surface area (TPSA) is 62.7 Å². The van der Waals surface area contributed by atoms with E-state index < -0.39 is 5.97 Å². The second kappa shape index (κ2) is 5.14. The Morgan fingerprint density at radius 3 is 3.00 bits per heavy atom. The summed E-state index contributed by atoms with van der Waals surface area (Å²) in [5.74, 6) is 0.215. The zero-order valence-corrected chi connectivity index (χ0v) is 9.80. The van der Waals surface area contributed by atoms with Crippen molar-refractivity contribution in [1.82, 2.24) is 4.98 Å². The maximum Gasteiger partial charge on any atom is 0.341 e. The maximum absolute atomic E-state index is 11.6. The molecule has 5 heteroatoms. The minimum absolute atomic E-state index is 0.0493. The molecule has 1 aromatic rings. The van der Waals surface area contributed by atoms with E-state index in [-0.39, 0.29) is 6.61 Å². The molecule has 1 saturated carbocycles. The van der Waals surface area contributed by atoms with Crippen molar-refractivity contribution >= 4 is 11.8 Å². The molecule has 1 N–H and O–H groups in total. The van der Waals surface area contributed by atoms with E-state index in [4.69, 9.17) is 9.84 Å². The molecule has 0 saturated heterocycles. The summed E-state index contributed by atoms with van der Waals surface area (Å²) in [7, 11) is 1.35. The summed E-state index contributed by atoms with van der Waals surface area (Å²) in [6.07, 6.45) is 3.81. The fourth-order valence-corrected chi connectivity index (χ4v) is 1.85. The lowest BCUT2D eigenvalue weighted by atomic mass is 10.2. The number of rotatable bonds is 5. The molecule has 1 aliphatic rings. The third-order valence-corrected chi connectivity index (χ3v) is 2.79. The van der Waals surface area contributed by atoms with E-state index in [1.807, 2.05) is 4.90 Å². The van der Waals surface area contributed by atoms with Gasteiger partial charge in [-0.2, -0.15) is 0 Å². The molecule has 17 heavy (non-hydrogen) atoms. The van der Waals surface area contributed by atoms with E-state index in [1.165, 1.54) is 7.11 Å². The molecule has 0 bridgehead atoms. The Bertz CT molecular complexity index is 404. The largest absolute Gasteiger partial charge is 0.465 e. The number of pyridine rings is 1. The van der Waals surface area contributed by atoms with Crippen molar-refractivity contribution in [2.24, 2.45) is 0 Å². The van der Waals surface area contributed by atoms with Gasteiger partial charge in [-0.15, -0.1) is 0 Å². The highest BCUT2D eigenvalue weighted by atomic mass is 16.5. The first-order valence-electron chi connectivity index (χ1n) is 5.68. The quantitative estimate of drug-likeness (QED) is 0.767. The van der Waals surface area contributed by atoms with Crippen LogP contribution in [0.5, 0.6) is 0 Å². The van der Waals surface area contributed by atoms with Crippen LogP contribution in [0.4, 0.5) is 5.82 Å². The zero-order chi connectivity index (χ0) is 12.3. The van der Waals surface area contributed by atoms with Crippen molar-refractivity contribution in [3.8, 4) is 0 Å². The van der Waals surface area contributed by atoms with Gasteiger partial charge >= 0.3 is 5.97 Å². The summed E-state index contributed by atoms with van der Waals surface area (Å²) in [6, 6.07) is 3.79. The van der Waals surface area contributed by atoms with Gasteiger partial charge in [0.2, 0.25) is 0 Å². The molecular formula is C12H16N2O3. The first-order valence-corrected chi connectivity index (χ1v) is 5.68. The monoisotopic (exact) mass is 236 g/mol. The molecule has 92 valence electrons. The fourth-order valence-electron chi connectivity index (χ4n) is 1.85. The second-order valence-corrected chi connectivity index (χ2v) is 4.01. The van der Waals surface area contributed by atoms with Crippen molar-refractivity contribution in [1.29, 1.82) is 0 Å². The van der Waals surface area contributed by atoms with Crippen LogP contribution in [0.1, 0.15) is 23.2 Å². The van der Waals surface area contributed by atoms with Crippen LogP contribution < -0.4 is 4.90 Å². The molecule has 1 heterocycles. The van der Waals surface area contributed by atoms with E-state index in [0.29, 0.717) is 24.0 Å². The van der Waals surface area contributed by atoms with Gasteiger partial charge in [0.25, 0.3) is 0 Å². The number of ether oxygens (including phenoxy) is 1. The first-order chi connectivity index (χ1) is 8.27. The van der Waals surface area contributed by atoms with E-state index in [2.05, 4.69) is 4.98 Å². The van der Waals surface area contributed by atoms with Crippen LogP contribution >= 0.6 is 0 Å². The number of nitrogens with zero attached hydrogens (tertiary/aromatic N) is 2. The Kier molecular flexibility index (Phi) is 3.58. The predicted octanol–water partition coefficient (Wildman–Crippen LogP) is 0.829. The summed E-state index contributed by atoms with van der Waals surface area (Å²) < 4.78 is 4.74. The highest BCUT2D eigenvalue weighted by Crippen LogP contribution is 2.32. The average molecular weight is 236 g/mol. The van der Waals surface area contributed by atoms with Crippen molar-refractivity contribution in [2.75, 3.05) is 25.2 Å². The molecular weight excluding hydrogens is 220 g/mol. The summed E-state index contributed by atoms with van der Waals surface area (Å²) >= 11 is 0. The van der Waals surface area contributed by atoms with Crippen LogP contribution in [-0.2, 0) is 4.74 Å². The SMILES string of the molecule is COC(=O)c1cccnc1N(CCO)C1CC1. The third-order valence-electron chi connectivity index (χ3n) is 2.79. The lowest BCUT2D eigenvalue weighted by molar-refractivity contribution is 0.0601. The van der Waals surface area contributed by atoms with Crippen molar-refractivity contribution in [2.45, 2.75) is 18.9 Å². The fraction of sp³-hybridized carbons (Fsp3) is 0.500. The van der Waals surface area contributed by atoms with Gasteiger partial charge in [-0.05, 0) is 25.0 Å². The zero-order valence-electron chi connectivity index (χ0n) is 9.80. The lowest BCUT2D eigenvalue weighted by Gasteiger charge is -2.24. The molecule has 0 unspecified atom stereocenters. The number of methoxy groups -OCH3 is 1. The number of carbonyl (C=O) groups is 1. The molecule has 1 fully saturated rings. The highest BCUT2D eigenvalue weighted by molar-refractivity contribution is 5.94. The van der Waals surface area contributed by atoms with Gasteiger partial charge in [0.05, 0.1) is 13.7 Å². The Morgan fingerprint density at radius 1 is 1.65 bits per heavy atom. The predicted molar refractivity (Wildman–Crippen MR) is 63.0 cm³/mol. The van der Waals surface area contributed by atoms with E-state index in [1.54, 1.807) is 18.3 Å². The summed E-state index contributed by atoms with van der Waals surface area (Å²) in [5.41, 5.74) is 0.454. The van der Waals surface area contributed by atoms with Crippen LogP contribution in [0, 0.1) is 0 Å². The number of carbonyl (C=O) groups excluding carboxylic acids is 1. The van der Waals surface area contributed by atoms with Crippen LogP contribution in [0.3, 0.4) is 0 Å². The molecule has 0 radical (unpaired) electrons. The normalized spacial score (nSPS) is 14.5. The number of hydrogen-bond acceptors (Lipinski definition) is 5. The maximum atomic E-state index is 11.6. The van der Waals surface area contributed by atoms with Gasteiger partial charge in [-0.3, -0.25) is 0 Å². The molecule has 1 aromatic heterocycles. The molecule has 0 atom stereocenters. The molecule has 0 aliphatic heterocycles. The summed E-state index contributed by atoms with van der Waals surface area (Å²) in [6.45, 7) is 0.541. The number of aliphatic hydroxyl groups is 1. The van der Waals surface area contributed by atoms with Gasteiger partial charge in [-0.25, -0.2) is 9.78 Å². The second-order valence-electron chi connectivity index (χ2n) is 4.01. The van der Waals surface area contributed by atoms with Crippen molar-refractivity contribution < 1.29 is 14.6 Å². The van der Waals surface area contributed by atoms with E-state index in [0.717, 1.165) is 12.8 Å². The smallest absolute Gasteiger partial charge is 0.341 e. The third kappa shape index (κ3) is 2.55. The highest BCUT2D eigenvalue weighted by Gasteiger charge is 2.32. The summed E-state index contributed by atoms with van der Waals surface area (Å²) in [5, 5.41) is 9.08. The molecule has 1 aliphatic carbocycles. The lowest BCUT2D eigenvalue weighted by Crippen LogP contribution is -2.31. The van der Waals surface area contributed by atoms with Gasteiger partial charge in [0, 0.05) is 18.8 Å². The minimum Gasteiger partial charge on any atom is -0.465 e. The molecule has 0 amide bonds. The molecule has 2 rings (SSSR count). The Hall–Kier alpha value is -1.62. The number of aliphatic hydroxyl groups excluding tert-OH is 1. The average Bonchev–Trinajstić information content (AvgIpc) is 3.19. The van der Waals surface area contributed by atoms with Gasteiger partial charge in [-0.1, -0.05) is 0 Å². The van der Waals surface area contributed by atoms with Gasteiger partial charge in [0.1, 0.15) is 11.4 Å². The van der Waals surface area contributed by atoms with E-state index >= 15 is 0 Å². The van der Waals surface area contributed by atoms with E-state index in [9.17, 15) is 4.79 Å². The minimum atomic E-state index is -0.392. The standard InChI is InChI=1S/C12H16N2O3/c1-17-12(16)10-3-2-6-13-11(10)14(7-8-15)9-4-5-9/h2-3,6,9,15H,4-5,7-8H2,1H3. The molecule has 0 aromatic carbocycles. The molecule has 0 spiro atoms. The van der Waals surface area contributed by atoms with Crippen LogP contribution in [0.15, 0.2) is 18.3 Å². The van der Waals surface area contributed by atoms with Crippen LogP contribution in [0.25, 0.3) is 0 Å².